The summed E-state index contributed by atoms with van der Waals surface area (Å²) in [5.41, 5.74) is 1.16. The number of benzene rings is 1. The summed E-state index contributed by atoms with van der Waals surface area (Å²) in [7, 11) is 0. The SMILES string of the molecule is CCc1cc(OCCCN2CCN(CC)CC2)ccc1Cl.O=C(O)C(=O)O. The zero-order valence-corrected chi connectivity index (χ0v) is 16.7. The second-order valence-corrected chi connectivity index (χ2v) is 6.60. The fourth-order valence-corrected chi connectivity index (χ4v) is 2.97. The minimum Gasteiger partial charge on any atom is -0.494 e. The molecule has 0 saturated carbocycles. The molecule has 0 unspecified atom stereocenters. The number of ether oxygens (including phenoxy) is 1. The Bertz CT molecular complexity index is 592. The Morgan fingerprint density at radius 1 is 1.07 bits per heavy atom. The molecule has 0 spiro atoms. The smallest absolute Gasteiger partial charge is 0.414 e. The van der Waals surface area contributed by atoms with Crippen LogP contribution in [0.3, 0.4) is 0 Å². The van der Waals surface area contributed by atoms with E-state index in [0.29, 0.717) is 0 Å². The molecule has 1 aromatic rings. The summed E-state index contributed by atoms with van der Waals surface area (Å²) in [6.45, 7) is 12.2. The summed E-state index contributed by atoms with van der Waals surface area (Å²) in [6.07, 6.45) is 2.02. The predicted molar refractivity (Wildman–Crippen MR) is 105 cm³/mol. The van der Waals surface area contributed by atoms with Crippen molar-refractivity contribution in [3.05, 3.63) is 28.8 Å². The first-order valence-electron chi connectivity index (χ1n) is 9.19. The number of aliphatic carboxylic acids is 2. The summed E-state index contributed by atoms with van der Waals surface area (Å²) in [5, 5.41) is 15.6. The van der Waals surface area contributed by atoms with Crippen LogP contribution in [0.1, 0.15) is 25.8 Å². The topological polar surface area (TPSA) is 90.3 Å². The fraction of sp³-hybridized carbons (Fsp3) is 0.579. The standard InChI is InChI=1S/C17H27ClN2O.C2H2O4/c1-3-15-14-16(6-7-17(15)18)21-13-5-8-20-11-9-19(4-2)10-12-20;3-1(4)2(5)6/h6-7,14H,3-5,8-13H2,1-2H3;(H,3,4)(H,5,6). The summed E-state index contributed by atoms with van der Waals surface area (Å²) in [5.74, 6) is -2.71. The first kappa shape index (κ1) is 23.2. The molecule has 7 nitrogen and oxygen atoms in total. The molecule has 0 aromatic heterocycles. The summed E-state index contributed by atoms with van der Waals surface area (Å²) >= 11 is 6.12. The Kier molecular flexibility index (Phi) is 10.8. The number of carbonyl (C=O) groups is 2. The van der Waals surface area contributed by atoms with E-state index >= 15 is 0 Å². The van der Waals surface area contributed by atoms with Crippen molar-refractivity contribution in [2.75, 3.05) is 45.9 Å². The van der Waals surface area contributed by atoms with Crippen molar-refractivity contribution in [2.45, 2.75) is 26.7 Å². The molecule has 1 heterocycles. The number of rotatable bonds is 7. The maximum absolute atomic E-state index is 9.10. The van der Waals surface area contributed by atoms with Crippen LogP contribution in [0.25, 0.3) is 0 Å². The molecule has 152 valence electrons. The van der Waals surface area contributed by atoms with Crippen molar-refractivity contribution in [1.29, 1.82) is 0 Å². The average Bonchev–Trinajstić information content (AvgIpc) is 2.67. The van der Waals surface area contributed by atoms with E-state index in [1.54, 1.807) is 0 Å². The minimum absolute atomic E-state index is 0.777. The van der Waals surface area contributed by atoms with Crippen LogP contribution < -0.4 is 4.74 Å². The van der Waals surface area contributed by atoms with Crippen molar-refractivity contribution in [2.24, 2.45) is 0 Å². The lowest BCUT2D eigenvalue weighted by Crippen LogP contribution is -2.46. The fourth-order valence-electron chi connectivity index (χ4n) is 2.72. The van der Waals surface area contributed by atoms with Gasteiger partial charge in [-0.15, -0.1) is 0 Å². The molecule has 0 atom stereocenters. The van der Waals surface area contributed by atoms with Crippen LogP contribution in [0.4, 0.5) is 0 Å². The molecule has 1 saturated heterocycles. The van der Waals surface area contributed by atoms with Crippen LogP contribution in [0.5, 0.6) is 5.75 Å². The molecular formula is C19H29ClN2O5. The van der Waals surface area contributed by atoms with Gasteiger partial charge in [0, 0.05) is 37.7 Å². The second kappa shape index (κ2) is 12.5. The van der Waals surface area contributed by atoms with Gasteiger partial charge < -0.3 is 24.7 Å². The van der Waals surface area contributed by atoms with Crippen molar-refractivity contribution in [3.8, 4) is 5.75 Å². The van der Waals surface area contributed by atoms with Gasteiger partial charge in [0.05, 0.1) is 6.61 Å². The lowest BCUT2D eigenvalue weighted by Gasteiger charge is -2.33. The van der Waals surface area contributed by atoms with Gasteiger partial charge in [-0.1, -0.05) is 25.4 Å². The summed E-state index contributed by atoms with van der Waals surface area (Å²) in [4.78, 5) is 23.2. The maximum atomic E-state index is 9.10. The number of hydrogen-bond donors (Lipinski definition) is 2. The number of hydrogen-bond acceptors (Lipinski definition) is 5. The van der Waals surface area contributed by atoms with Gasteiger partial charge in [0.2, 0.25) is 0 Å². The zero-order valence-electron chi connectivity index (χ0n) is 16.0. The van der Waals surface area contributed by atoms with E-state index in [1.807, 2.05) is 12.1 Å². The molecule has 1 aliphatic rings. The van der Waals surface area contributed by atoms with Gasteiger partial charge in [0.15, 0.2) is 0 Å². The summed E-state index contributed by atoms with van der Waals surface area (Å²) < 4.78 is 5.84. The van der Waals surface area contributed by atoms with E-state index in [-0.39, 0.29) is 0 Å². The van der Waals surface area contributed by atoms with Gasteiger partial charge in [0.25, 0.3) is 0 Å². The van der Waals surface area contributed by atoms with Gasteiger partial charge in [-0.05, 0) is 43.1 Å². The van der Waals surface area contributed by atoms with Gasteiger partial charge in [-0.3, -0.25) is 0 Å². The number of carboxylic acids is 2. The van der Waals surface area contributed by atoms with Crippen molar-refractivity contribution in [1.82, 2.24) is 9.80 Å². The Morgan fingerprint density at radius 3 is 2.19 bits per heavy atom. The normalized spacial score (nSPS) is 14.9. The lowest BCUT2D eigenvalue weighted by molar-refractivity contribution is -0.159. The van der Waals surface area contributed by atoms with E-state index in [2.05, 4.69) is 29.7 Å². The highest BCUT2D eigenvalue weighted by molar-refractivity contribution is 6.31. The first-order valence-corrected chi connectivity index (χ1v) is 9.57. The highest BCUT2D eigenvalue weighted by Crippen LogP contribution is 2.22. The molecular weight excluding hydrogens is 372 g/mol. The van der Waals surface area contributed by atoms with Crippen LogP contribution in [0.15, 0.2) is 18.2 Å². The van der Waals surface area contributed by atoms with Gasteiger partial charge in [-0.2, -0.15) is 0 Å². The molecule has 0 radical (unpaired) electrons. The van der Waals surface area contributed by atoms with Crippen LogP contribution >= 0.6 is 11.6 Å². The molecule has 1 aromatic carbocycles. The molecule has 0 aliphatic carbocycles. The van der Waals surface area contributed by atoms with E-state index in [0.717, 1.165) is 42.3 Å². The zero-order chi connectivity index (χ0) is 20.2. The third-order valence-corrected chi connectivity index (χ3v) is 4.75. The van der Waals surface area contributed by atoms with E-state index in [1.165, 1.54) is 32.7 Å². The number of nitrogens with zero attached hydrogens (tertiary/aromatic N) is 2. The Morgan fingerprint density at radius 2 is 1.67 bits per heavy atom. The van der Waals surface area contributed by atoms with Crippen LogP contribution in [0.2, 0.25) is 5.02 Å². The van der Waals surface area contributed by atoms with Gasteiger partial charge in [0.1, 0.15) is 5.75 Å². The predicted octanol–water partition coefficient (Wildman–Crippen LogP) is 2.46. The highest BCUT2D eigenvalue weighted by atomic mass is 35.5. The number of piperazine rings is 1. The number of carboxylic acid groups (broad SMARTS) is 2. The molecule has 2 N–H and O–H groups in total. The highest BCUT2D eigenvalue weighted by Gasteiger charge is 2.14. The minimum atomic E-state index is -1.82. The number of aryl methyl sites for hydroxylation is 1. The Hall–Kier alpha value is -1.83. The largest absolute Gasteiger partial charge is 0.494 e. The molecule has 27 heavy (non-hydrogen) atoms. The molecule has 2 rings (SSSR count). The third-order valence-electron chi connectivity index (χ3n) is 4.38. The van der Waals surface area contributed by atoms with Crippen molar-refractivity contribution >= 4 is 23.5 Å². The lowest BCUT2D eigenvalue weighted by atomic mass is 10.1. The number of likely N-dealkylation sites (N-methyl/N-ethyl adjacent to an activating group) is 1. The monoisotopic (exact) mass is 400 g/mol. The second-order valence-electron chi connectivity index (χ2n) is 6.19. The molecule has 8 heteroatoms. The van der Waals surface area contributed by atoms with E-state index < -0.39 is 11.9 Å². The quantitative estimate of drug-likeness (QED) is 0.536. The van der Waals surface area contributed by atoms with Crippen LogP contribution in [-0.4, -0.2) is 77.8 Å². The van der Waals surface area contributed by atoms with Gasteiger partial charge >= 0.3 is 11.9 Å². The first-order chi connectivity index (χ1) is 12.9. The van der Waals surface area contributed by atoms with Crippen LogP contribution in [0, 0.1) is 0 Å². The molecule has 0 amide bonds. The molecule has 0 bridgehead atoms. The average molecular weight is 401 g/mol. The maximum Gasteiger partial charge on any atom is 0.414 e. The Balaban J connectivity index is 0.000000527. The van der Waals surface area contributed by atoms with Crippen molar-refractivity contribution < 1.29 is 24.5 Å². The Labute approximate surface area is 165 Å². The molecule has 1 fully saturated rings. The third kappa shape index (κ3) is 9.08. The van der Waals surface area contributed by atoms with Crippen molar-refractivity contribution in [3.63, 3.8) is 0 Å². The van der Waals surface area contributed by atoms with Gasteiger partial charge in [-0.25, -0.2) is 9.59 Å². The molecule has 1 aliphatic heterocycles. The number of halogens is 1. The van der Waals surface area contributed by atoms with E-state index in [9.17, 15) is 0 Å². The van der Waals surface area contributed by atoms with Crippen LogP contribution in [-0.2, 0) is 16.0 Å². The van der Waals surface area contributed by atoms with E-state index in [4.69, 9.17) is 36.1 Å². The summed E-state index contributed by atoms with van der Waals surface area (Å²) in [6, 6.07) is 5.95.